The molecular formula is C12H24N2S2. The third-order valence-corrected chi connectivity index (χ3v) is 4.87. The van der Waals surface area contributed by atoms with E-state index >= 15 is 0 Å². The number of thioether (sulfide) groups is 1. The summed E-state index contributed by atoms with van der Waals surface area (Å²) in [6.45, 7) is 5.23. The SMILES string of the molecule is CSC1(CNC(=S)NC(C)C)CCCCC1. The van der Waals surface area contributed by atoms with Crippen LogP contribution in [0.15, 0.2) is 0 Å². The number of hydrogen-bond acceptors (Lipinski definition) is 2. The predicted octanol–water partition coefficient (Wildman–Crippen LogP) is 2.92. The molecule has 0 amide bonds. The minimum atomic E-state index is 0.414. The van der Waals surface area contributed by atoms with Crippen LogP contribution in [0.4, 0.5) is 0 Å². The summed E-state index contributed by atoms with van der Waals surface area (Å²) in [5.74, 6) is 0. The van der Waals surface area contributed by atoms with Crippen LogP contribution >= 0.6 is 24.0 Å². The van der Waals surface area contributed by atoms with Crippen LogP contribution in [0.1, 0.15) is 46.0 Å². The van der Waals surface area contributed by atoms with E-state index in [0.29, 0.717) is 10.8 Å². The van der Waals surface area contributed by atoms with E-state index in [0.717, 1.165) is 11.7 Å². The van der Waals surface area contributed by atoms with Gasteiger partial charge in [0.05, 0.1) is 0 Å². The van der Waals surface area contributed by atoms with Crippen LogP contribution in [-0.2, 0) is 0 Å². The fraction of sp³-hybridized carbons (Fsp3) is 0.917. The summed E-state index contributed by atoms with van der Waals surface area (Å²) < 4.78 is 0.418. The van der Waals surface area contributed by atoms with Gasteiger partial charge in [0, 0.05) is 17.3 Å². The molecule has 0 spiro atoms. The highest BCUT2D eigenvalue weighted by molar-refractivity contribution is 8.00. The van der Waals surface area contributed by atoms with Crippen molar-refractivity contribution in [3.05, 3.63) is 0 Å². The van der Waals surface area contributed by atoms with Gasteiger partial charge < -0.3 is 10.6 Å². The Kier molecular flexibility index (Phi) is 5.90. The second-order valence-electron chi connectivity index (χ2n) is 4.93. The molecule has 1 fully saturated rings. The van der Waals surface area contributed by atoms with Crippen LogP contribution in [-0.4, -0.2) is 28.7 Å². The first-order valence-electron chi connectivity index (χ1n) is 6.17. The van der Waals surface area contributed by atoms with Gasteiger partial charge in [0.1, 0.15) is 0 Å². The zero-order valence-corrected chi connectivity index (χ0v) is 12.3. The molecule has 0 bridgehead atoms. The lowest BCUT2D eigenvalue weighted by Crippen LogP contribution is -2.46. The second kappa shape index (κ2) is 6.70. The zero-order chi connectivity index (χ0) is 12.0. The molecule has 2 nitrogen and oxygen atoms in total. The first kappa shape index (κ1) is 14.1. The van der Waals surface area contributed by atoms with Crippen molar-refractivity contribution in [2.75, 3.05) is 12.8 Å². The van der Waals surface area contributed by atoms with E-state index < -0.39 is 0 Å². The highest BCUT2D eigenvalue weighted by atomic mass is 32.2. The van der Waals surface area contributed by atoms with Crippen LogP contribution in [0.3, 0.4) is 0 Å². The van der Waals surface area contributed by atoms with Gasteiger partial charge in [-0.1, -0.05) is 19.3 Å². The van der Waals surface area contributed by atoms with Gasteiger partial charge in [0.25, 0.3) is 0 Å². The fourth-order valence-corrected chi connectivity index (χ4v) is 3.43. The lowest BCUT2D eigenvalue weighted by Gasteiger charge is -2.36. The summed E-state index contributed by atoms with van der Waals surface area (Å²) >= 11 is 7.27. The molecule has 94 valence electrons. The smallest absolute Gasteiger partial charge is 0.166 e. The van der Waals surface area contributed by atoms with Crippen LogP contribution in [0.2, 0.25) is 0 Å². The Morgan fingerprint density at radius 1 is 1.31 bits per heavy atom. The third-order valence-electron chi connectivity index (χ3n) is 3.19. The lowest BCUT2D eigenvalue weighted by molar-refractivity contribution is 0.394. The summed E-state index contributed by atoms with van der Waals surface area (Å²) in [4.78, 5) is 0. The van der Waals surface area contributed by atoms with Crippen molar-refractivity contribution in [3.63, 3.8) is 0 Å². The van der Waals surface area contributed by atoms with E-state index in [9.17, 15) is 0 Å². The molecule has 0 aliphatic heterocycles. The molecule has 0 unspecified atom stereocenters. The van der Waals surface area contributed by atoms with Crippen LogP contribution in [0.25, 0.3) is 0 Å². The molecule has 4 heteroatoms. The Labute approximate surface area is 109 Å². The molecule has 0 radical (unpaired) electrons. The molecular weight excluding hydrogens is 236 g/mol. The fourth-order valence-electron chi connectivity index (χ4n) is 2.20. The van der Waals surface area contributed by atoms with E-state index in [4.69, 9.17) is 12.2 Å². The molecule has 1 aliphatic rings. The quantitative estimate of drug-likeness (QED) is 0.759. The monoisotopic (exact) mass is 260 g/mol. The molecule has 0 saturated heterocycles. The van der Waals surface area contributed by atoms with E-state index in [1.54, 1.807) is 0 Å². The van der Waals surface area contributed by atoms with Gasteiger partial charge >= 0.3 is 0 Å². The van der Waals surface area contributed by atoms with Crippen molar-refractivity contribution in [1.29, 1.82) is 0 Å². The number of hydrogen-bond donors (Lipinski definition) is 2. The minimum Gasteiger partial charge on any atom is -0.361 e. The van der Waals surface area contributed by atoms with Gasteiger partial charge in [0.2, 0.25) is 0 Å². The van der Waals surface area contributed by atoms with Gasteiger partial charge in [-0.2, -0.15) is 11.8 Å². The summed E-state index contributed by atoms with van der Waals surface area (Å²) in [7, 11) is 0. The predicted molar refractivity (Wildman–Crippen MR) is 78.2 cm³/mol. The largest absolute Gasteiger partial charge is 0.361 e. The molecule has 0 aromatic rings. The van der Waals surface area contributed by atoms with E-state index in [-0.39, 0.29) is 0 Å². The van der Waals surface area contributed by atoms with E-state index in [1.807, 2.05) is 11.8 Å². The first-order chi connectivity index (χ1) is 7.58. The summed E-state index contributed by atoms with van der Waals surface area (Å²) in [6, 6.07) is 0.414. The van der Waals surface area contributed by atoms with E-state index in [1.165, 1.54) is 32.1 Å². The van der Waals surface area contributed by atoms with Crippen molar-refractivity contribution in [2.24, 2.45) is 0 Å². The maximum atomic E-state index is 5.26. The standard InChI is InChI=1S/C12H24N2S2/c1-10(2)14-11(15)13-9-12(16-3)7-5-4-6-8-12/h10H,4-9H2,1-3H3,(H2,13,14,15). The molecule has 2 N–H and O–H groups in total. The van der Waals surface area contributed by atoms with Gasteiger partial charge in [-0.05, 0) is 45.2 Å². The van der Waals surface area contributed by atoms with Crippen LogP contribution in [0, 0.1) is 0 Å². The molecule has 0 aromatic heterocycles. The number of rotatable bonds is 4. The van der Waals surface area contributed by atoms with Crippen molar-refractivity contribution in [1.82, 2.24) is 10.6 Å². The molecule has 1 saturated carbocycles. The average molecular weight is 260 g/mol. The van der Waals surface area contributed by atoms with Crippen LogP contribution in [0.5, 0.6) is 0 Å². The Hall–Kier alpha value is 0.0400. The third kappa shape index (κ3) is 4.50. The number of thiocarbonyl (C=S) groups is 1. The summed E-state index contributed by atoms with van der Waals surface area (Å²) in [5.41, 5.74) is 0. The zero-order valence-electron chi connectivity index (χ0n) is 10.6. The van der Waals surface area contributed by atoms with Gasteiger partial charge in [-0.15, -0.1) is 0 Å². The molecule has 1 aliphatic carbocycles. The Morgan fingerprint density at radius 2 is 1.94 bits per heavy atom. The first-order valence-corrected chi connectivity index (χ1v) is 7.81. The molecule has 16 heavy (non-hydrogen) atoms. The van der Waals surface area contributed by atoms with Crippen LogP contribution < -0.4 is 10.6 Å². The topological polar surface area (TPSA) is 24.1 Å². The highest BCUT2D eigenvalue weighted by Gasteiger charge is 2.30. The lowest BCUT2D eigenvalue weighted by atomic mass is 9.88. The van der Waals surface area contributed by atoms with Gasteiger partial charge in [0.15, 0.2) is 5.11 Å². The molecule has 0 atom stereocenters. The number of nitrogens with one attached hydrogen (secondary N) is 2. The van der Waals surface area contributed by atoms with E-state index in [2.05, 4.69) is 30.7 Å². The summed E-state index contributed by atoms with van der Waals surface area (Å²) in [5, 5.41) is 7.41. The summed E-state index contributed by atoms with van der Waals surface area (Å²) in [6.07, 6.45) is 9.01. The van der Waals surface area contributed by atoms with Gasteiger partial charge in [-0.25, -0.2) is 0 Å². The van der Waals surface area contributed by atoms with Crippen molar-refractivity contribution in [3.8, 4) is 0 Å². The molecule has 0 heterocycles. The maximum Gasteiger partial charge on any atom is 0.166 e. The minimum absolute atomic E-state index is 0.414. The van der Waals surface area contributed by atoms with Gasteiger partial charge in [-0.3, -0.25) is 0 Å². The Balaban J connectivity index is 2.35. The normalized spacial score (nSPS) is 19.5. The van der Waals surface area contributed by atoms with Crippen molar-refractivity contribution < 1.29 is 0 Å². The molecule has 0 aromatic carbocycles. The van der Waals surface area contributed by atoms with Crippen molar-refractivity contribution in [2.45, 2.75) is 56.7 Å². The maximum absolute atomic E-state index is 5.26. The second-order valence-corrected chi connectivity index (χ2v) is 6.61. The van der Waals surface area contributed by atoms with Crippen molar-refractivity contribution >= 4 is 29.1 Å². The Morgan fingerprint density at radius 3 is 2.44 bits per heavy atom. The average Bonchev–Trinajstić information content (AvgIpc) is 2.27. The Bertz CT molecular complexity index is 223. The highest BCUT2D eigenvalue weighted by Crippen LogP contribution is 2.37. The molecule has 1 rings (SSSR count).